The number of ketones is 1. The molecule has 1 atom stereocenters. The highest BCUT2D eigenvalue weighted by molar-refractivity contribution is 6.01. The Morgan fingerprint density at radius 3 is 2.36 bits per heavy atom. The molecule has 36 heavy (non-hydrogen) atoms. The van der Waals surface area contributed by atoms with E-state index in [-0.39, 0.29) is 28.8 Å². The number of carbonyl (C=O) groups is 2. The predicted octanol–water partition coefficient (Wildman–Crippen LogP) is 5.77. The molecule has 1 amide bonds. The van der Waals surface area contributed by atoms with Crippen molar-refractivity contribution < 1.29 is 14.0 Å². The van der Waals surface area contributed by atoms with Gasteiger partial charge in [-0.05, 0) is 87.3 Å². The summed E-state index contributed by atoms with van der Waals surface area (Å²) in [6.45, 7) is 10.1. The van der Waals surface area contributed by atoms with Crippen molar-refractivity contribution in [3.63, 3.8) is 0 Å². The second-order valence-electron chi connectivity index (χ2n) is 11.7. The molecule has 5 rings (SSSR count). The van der Waals surface area contributed by atoms with E-state index in [1.54, 1.807) is 12.1 Å². The van der Waals surface area contributed by atoms with Crippen molar-refractivity contribution in [2.45, 2.75) is 52.9 Å². The van der Waals surface area contributed by atoms with E-state index in [2.05, 4.69) is 55.6 Å². The van der Waals surface area contributed by atoms with Gasteiger partial charge in [-0.15, -0.1) is 0 Å². The first-order valence-corrected chi connectivity index (χ1v) is 12.5. The third-order valence-corrected chi connectivity index (χ3v) is 7.45. The van der Waals surface area contributed by atoms with E-state index < -0.39 is 5.41 Å². The summed E-state index contributed by atoms with van der Waals surface area (Å²) >= 11 is 0. The molecule has 0 saturated carbocycles. The lowest BCUT2D eigenvalue weighted by molar-refractivity contribution is -0.123. The molecule has 3 nitrogen and oxygen atoms in total. The molecular formula is C32H32FNO2. The van der Waals surface area contributed by atoms with Crippen LogP contribution in [0.4, 0.5) is 10.1 Å². The summed E-state index contributed by atoms with van der Waals surface area (Å²) in [7, 11) is 0. The molecule has 0 heterocycles. The molecule has 2 aliphatic rings. The van der Waals surface area contributed by atoms with Gasteiger partial charge in [0.2, 0.25) is 5.91 Å². The fraction of sp³-hybridized carbons (Fsp3) is 0.312. The Labute approximate surface area is 211 Å². The summed E-state index contributed by atoms with van der Waals surface area (Å²) in [4.78, 5) is 26.0. The quantitative estimate of drug-likeness (QED) is 0.483. The number of hydrogen-bond acceptors (Lipinski definition) is 2. The number of halogens is 1. The van der Waals surface area contributed by atoms with Gasteiger partial charge in [0.05, 0.1) is 0 Å². The number of hydrogen-bond donors (Lipinski definition) is 1. The van der Waals surface area contributed by atoms with Crippen molar-refractivity contribution in [2.24, 2.45) is 11.3 Å². The van der Waals surface area contributed by atoms with E-state index in [9.17, 15) is 14.0 Å². The van der Waals surface area contributed by atoms with E-state index in [1.165, 1.54) is 23.3 Å². The van der Waals surface area contributed by atoms with Gasteiger partial charge in [-0.3, -0.25) is 9.59 Å². The van der Waals surface area contributed by atoms with Crippen LogP contribution in [0.15, 0.2) is 54.6 Å². The standard InChI is InChI=1S/C32H32FNO2/c1-31(2,3)30(36)34-23-12-8-19-9-13-25-24(26(19)17-23)14-15-28-27(25)16-21(18-32(28,4)5)29(35)20-6-10-22(33)11-7-20/h6-8,10-17,21H,9,18H2,1-5H3,(H,34,36). The number of rotatable bonds is 3. The Kier molecular flexibility index (Phi) is 5.74. The minimum atomic E-state index is -0.479. The maximum Gasteiger partial charge on any atom is 0.229 e. The molecule has 0 aliphatic heterocycles. The van der Waals surface area contributed by atoms with Crippen LogP contribution in [0.1, 0.15) is 62.5 Å². The van der Waals surface area contributed by atoms with Crippen molar-refractivity contribution in [1.82, 2.24) is 0 Å². The van der Waals surface area contributed by atoms with Crippen molar-refractivity contribution in [1.29, 1.82) is 0 Å². The number of benzene rings is 3. The molecule has 0 aromatic heterocycles. The Hall–Kier alpha value is -3.53. The first-order chi connectivity index (χ1) is 16.9. The second kappa shape index (κ2) is 8.55. The number of Topliss-reactive ketones (excluding diaryl/α,β-unsaturated/α-hetero) is 1. The van der Waals surface area contributed by atoms with Gasteiger partial charge >= 0.3 is 0 Å². The van der Waals surface area contributed by atoms with Gasteiger partial charge in [-0.1, -0.05) is 65.0 Å². The van der Waals surface area contributed by atoms with E-state index in [0.29, 0.717) is 12.0 Å². The topological polar surface area (TPSA) is 46.2 Å². The van der Waals surface area contributed by atoms with Crippen molar-refractivity contribution >= 4 is 29.5 Å². The highest BCUT2D eigenvalue weighted by atomic mass is 19.1. The molecule has 0 fully saturated rings. The highest BCUT2D eigenvalue weighted by Gasteiger charge is 2.34. The fourth-order valence-corrected chi connectivity index (χ4v) is 5.39. The third-order valence-electron chi connectivity index (χ3n) is 7.45. The Balaban J connectivity index is 1.61. The van der Waals surface area contributed by atoms with Crippen LogP contribution in [0.2, 0.25) is 0 Å². The lowest BCUT2D eigenvalue weighted by Gasteiger charge is -2.34. The fourth-order valence-electron chi connectivity index (χ4n) is 5.39. The lowest BCUT2D eigenvalue weighted by Crippen LogP contribution is -2.43. The van der Waals surface area contributed by atoms with Gasteiger partial charge in [0.15, 0.2) is 5.78 Å². The van der Waals surface area contributed by atoms with Crippen LogP contribution in [0, 0.1) is 17.2 Å². The molecule has 4 heteroatoms. The van der Waals surface area contributed by atoms with Gasteiger partial charge in [0, 0.05) is 22.6 Å². The molecule has 3 aromatic carbocycles. The van der Waals surface area contributed by atoms with Crippen LogP contribution in [0.5, 0.6) is 0 Å². The van der Waals surface area contributed by atoms with Gasteiger partial charge < -0.3 is 5.32 Å². The van der Waals surface area contributed by atoms with Crippen molar-refractivity contribution in [2.75, 3.05) is 5.32 Å². The van der Waals surface area contributed by atoms with Gasteiger partial charge in [-0.2, -0.15) is 0 Å². The van der Waals surface area contributed by atoms with Crippen LogP contribution in [0.3, 0.4) is 0 Å². The van der Waals surface area contributed by atoms with Crippen LogP contribution in [0.25, 0.3) is 23.3 Å². The molecular weight excluding hydrogens is 449 g/mol. The smallest absolute Gasteiger partial charge is 0.229 e. The maximum atomic E-state index is 13.4. The average molecular weight is 482 g/mol. The third kappa shape index (κ3) is 4.30. The zero-order valence-electron chi connectivity index (χ0n) is 21.5. The summed E-state index contributed by atoms with van der Waals surface area (Å²) in [5.41, 5.74) is 5.34. The minimum absolute atomic E-state index is 0.0206. The van der Waals surface area contributed by atoms with E-state index >= 15 is 0 Å². The highest BCUT2D eigenvalue weighted by Crippen LogP contribution is 2.36. The predicted molar refractivity (Wildman–Crippen MR) is 144 cm³/mol. The summed E-state index contributed by atoms with van der Waals surface area (Å²) < 4.78 is 13.4. The largest absolute Gasteiger partial charge is 0.326 e. The van der Waals surface area contributed by atoms with Crippen LogP contribution in [-0.4, -0.2) is 11.7 Å². The van der Waals surface area contributed by atoms with Crippen molar-refractivity contribution in [3.8, 4) is 11.1 Å². The zero-order chi connectivity index (χ0) is 25.8. The second-order valence-corrected chi connectivity index (χ2v) is 11.7. The molecule has 2 aliphatic carbocycles. The SMILES string of the molecule is CC(C)(C)C(=O)Nc1ccc2c(c1)-c1ccc3c(c1=CC2)=CC(C(=O)c1ccc(F)cc1)CC3(C)C. The molecule has 1 unspecified atom stereocenters. The Morgan fingerprint density at radius 1 is 0.944 bits per heavy atom. The molecule has 1 N–H and O–H groups in total. The number of fused-ring (bicyclic) bond motifs is 5. The van der Waals surface area contributed by atoms with Crippen LogP contribution < -0.4 is 15.8 Å². The number of carbonyl (C=O) groups excluding carboxylic acids is 2. The molecule has 0 spiro atoms. The Morgan fingerprint density at radius 2 is 1.67 bits per heavy atom. The zero-order valence-corrected chi connectivity index (χ0v) is 21.5. The minimum Gasteiger partial charge on any atom is -0.326 e. The average Bonchev–Trinajstić information content (AvgIpc) is 2.82. The summed E-state index contributed by atoms with van der Waals surface area (Å²) in [6, 6.07) is 16.3. The summed E-state index contributed by atoms with van der Waals surface area (Å²) in [6.07, 6.45) is 5.85. The molecule has 0 saturated heterocycles. The maximum absolute atomic E-state index is 13.4. The summed E-state index contributed by atoms with van der Waals surface area (Å²) in [5, 5.41) is 5.31. The van der Waals surface area contributed by atoms with Crippen molar-refractivity contribution in [3.05, 3.63) is 87.5 Å². The monoisotopic (exact) mass is 481 g/mol. The molecule has 3 aromatic rings. The number of nitrogens with one attached hydrogen (secondary N) is 1. The van der Waals surface area contributed by atoms with Gasteiger partial charge in [0.25, 0.3) is 0 Å². The normalized spacial score (nSPS) is 17.6. The molecule has 0 bridgehead atoms. The van der Waals surface area contributed by atoms with Gasteiger partial charge in [-0.25, -0.2) is 4.39 Å². The first-order valence-electron chi connectivity index (χ1n) is 12.5. The van der Waals surface area contributed by atoms with E-state index in [4.69, 9.17) is 0 Å². The van der Waals surface area contributed by atoms with E-state index in [1.807, 2.05) is 26.8 Å². The van der Waals surface area contributed by atoms with Crippen LogP contribution in [-0.2, 0) is 16.6 Å². The number of amides is 1. The molecule has 0 radical (unpaired) electrons. The lowest BCUT2D eigenvalue weighted by atomic mass is 9.69. The van der Waals surface area contributed by atoms with Gasteiger partial charge in [0.1, 0.15) is 5.82 Å². The molecule has 184 valence electrons. The van der Waals surface area contributed by atoms with Crippen LogP contribution >= 0.6 is 0 Å². The Bertz CT molecular complexity index is 1510. The summed E-state index contributed by atoms with van der Waals surface area (Å²) in [5.74, 6) is -0.621. The number of anilines is 1. The first kappa shape index (κ1) is 24.2. The van der Waals surface area contributed by atoms with E-state index in [0.717, 1.165) is 33.7 Å².